The Hall–Kier alpha value is -0.650. The summed E-state index contributed by atoms with van der Waals surface area (Å²) in [4.78, 5) is 21.6. The molecule has 23 heavy (non-hydrogen) atoms. The number of hydrogen-bond donors (Lipinski definition) is 0. The van der Waals surface area contributed by atoms with Crippen molar-refractivity contribution in [1.82, 2.24) is 19.6 Å². The molecule has 2 atom stereocenters. The molecule has 5 nitrogen and oxygen atoms in total. The van der Waals surface area contributed by atoms with E-state index < -0.39 is 0 Å². The lowest BCUT2D eigenvalue weighted by Crippen LogP contribution is -2.55. The molecule has 134 valence electrons. The SMILES string of the molecule is CC(CCC(C)N1CCN(C(C)C)C(=O)C1)N1CCN(C)CC1. The molecule has 2 aliphatic rings. The molecule has 0 N–H and O–H groups in total. The molecule has 0 aromatic carbocycles. The van der Waals surface area contributed by atoms with E-state index in [1.54, 1.807) is 0 Å². The maximum absolute atomic E-state index is 12.2. The fourth-order valence-corrected chi connectivity index (χ4v) is 3.74. The van der Waals surface area contributed by atoms with E-state index in [1.807, 2.05) is 4.90 Å². The summed E-state index contributed by atoms with van der Waals surface area (Å²) in [7, 11) is 2.21. The van der Waals surface area contributed by atoms with Crippen molar-refractivity contribution < 1.29 is 4.79 Å². The van der Waals surface area contributed by atoms with Gasteiger partial charge in [0.2, 0.25) is 5.91 Å². The van der Waals surface area contributed by atoms with Crippen molar-refractivity contribution in [3.05, 3.63) is 0 Å². The topological polar surface area (TPSA) is 30.0 Å². The van der Waals surface area contributed by atoms with Crippen molar-refractivity contribution in [2.24, 2.45) is 0 Å². The Balaban J connectivity index is 1.72. The highest BCUT2D eigenvalue weighted by Crippen LogP contribution is 2.17. The molecule has 0 spiro atoms. The van der Waals surface area contributed by atoms with Crippen LogP contribution in [0.1, 0.15) is 40.5 Å². The Morgan fingerprint density at radius 3 is 1.87 bits per heavy atom. The van der Waals surface area contributed by atoms with Crippen LogP contribution >= 0.6 is 0 Å². The minimum atomic E-state index is 0.296. The van der Waals surface area contributed by atoms with Crippen molar-refractivity contribution >= 4 is 5.91 Å². The molecule has 0 aromatic heterocycles. The largest absolute Gasteiger partial charge is 0.338 e. The zero-order valence-corrected chi connectivity index (χ0v) is 15.8. The van der Waals surface area contributed by atoms with Crippen molar-refractivity contribution in [3.63, 3.8) is 0 Å². The van der Waals surface area contributed by atoms with Crippen LogP contribution in [-0.4, -0.2) is 96.5 Å². The molecule has 2 unspecified atom stereocenters. The molecule has 2 aliphatic heterocycles. The first-order chi connectivity index (χ1) is 10.9. The van der Waals surface area contributed by atoms with E-state index in [0.717, 1.165) is 13.1 Å². The third-order valence-electron chi connectivity index (χ3n) is 5.70. The van der Waals surface area contributed by atoms with Gasteiger partial charge >= 0.3 is 0 Å². The highest BCUT2D eigenvalue weighted by atomic mass is 16.2. The smallest absolute Gasteiger partial charge is 0.237 e. The van der Waals surface area contributed by atoms with Gasteiger partial charge in [-0.05, 0) is 47.6 Å². The summed E-state index contributed by atoms with van der Waals surface area (Å²) in [6, 6.07) is 1.49. The standard InChI is InChI=1S/C18H36N4O/c1-15(2)22-13-12-21(14-18(22)23)17(4)7-6-16(3)20-10-8-19(5)9-11-20/h15-17H,6-14H2,1-5H3. The van der Waals surface area contributed by atoms with E-state index in [4.69, 9.17) is 0 Å². The highest BCUT2D eigenvalue weighted by Gasteiger charge is 2.28. The van der Waals surface area contributed by atoms with E-state index in [-0.39, 0.29) is 0 Å². The summed E-state index contributed by atoms with van der Waals surface area (Å²) < 4.78 is 0. The lowest BCUT2D eigenvalue weighted by molar-refractivity contribution is -0.138. The molecule has 0 aromatic rings. The van der Waals surface area contributed by atoms with Gasteiger partial charge in [0.15, 0.2) is 0 Å². The summed E-state index contributed by atoms with van der Waals surface area (Å²) in [5, 5.41) is 0. The zero-order chi connectivity index (χ0) is 17.0. The van der Waals surface area contributed by atoms with Gasteiger partial charge in [0.1, 0.15) is 0 Å². The lowest BCUT2D eigenvalue weighted by atomic mass is 10.0. The summed E-state index contributed by atoms with van der Waals surface area (Å²) in [6.45, 7) is 16.1. The lowest BCUT2D eigenvalue weighted by Gasteiger charge is -2.40. The quantitative estimate of drug-likeness (QED) is 0.738. The number of carbonyl (C=O) groups excluding carboxylic acids is 1. The maximum atomic E-state index is 12.2. The Labute approximate surface area is 142 Å². The van der Waals surface area contributed by atoms with Gasteiger partial charge in [-0.15, -0.1) is 0 Å². The van der Waals surface area contributed by atoms with Crippen LogP contribution in [0.4, 0.5) is 0 Å². The van der Waals surface area contributed by atoms with E-state index in [0.29, 0.717) is 30.6 Å². The second-order valence-corrected chi connectivity index (χ2v) is 7.77. The van der Waals surface area contributed by atoms with Gasteiger partial charge < -0.3 is 9.80 Å². The third kappa shape index (κ3) is 5.16. The second kappa shape index (κ2) is 8.45. The number of nitrogens with zero attached hydrogens (tertiary/aromatic N) is 4. The van der Waals surface area contributed by atoms with Crippen LogP contribution in [0.15, 0.2) is 0 Å². The van der Waals surface area contributed by atoms with E-state index in [1.165, 1.54) is 39.0 Å². The van der Waals surface area contributed by atoms with Crippen molar-refractivity contribution in [3.8, 4) is 0 Å². The van der Waals surface area contributed by atoms with Gasteiger partial charge in [-0.1, -0.05) is 0 Å². The number of hydrogen-bond acceptors (Lipinski definition) is 4. The number of amides is 1. The molecule has 1 amide bonds. The van der Waals surface area contributed by atoms with Gasteiger partial charge in [-0.2, -0.15) is 0 Å². The first-order valence-corrected chi connectivity index (χ1v) is 9.34. The summed E-state index contributed by atoms with van der Waals surface area (Å²) in [5.41, 5.74) is 0. The first-order valence-electron chi connectivity index (χ1n) is 9.34. The van der Waals surface area contributed by atoms with Gasteiger partial charge in [-0.3, -0.25) is 14.6 Å². The molecular formula is C18H36N4O. The van der Waals surface area contributed by atoms with Gasteiger partial charge in [-0.25, -0.2) is 0 Å². The molecular weight excluding hydrogens is 288 g/mol. The van der Waals surface area contributed by atoms with E-state index in [2.05, 4.69) is 49.4 Å². The second-order valence-electron chi connectivity index (χ2n) is 7.77. The van der Waals surface area contributed by atoms with Crippen LogP contribution in [0.25, 0.3) is 0 Å². The Morgan fingerprint density at radius 1 is 0.826 bits per heavy atom. The fraction of sp³-hybridized carbons (Fsp3) is 0.944. The molecule has 2 fully saturated rings. The Kier molecular flexibility index (Phi) is 6.86. The normalized spacial score (nSPS) is 25.1. The number of piperazine rings is 2. The van der Waals surface area contributed by atoms with Crippen LogP contribution in [-0.2, 0) is 4.79 Å². The van der Waals surface area contributed by atoms with Crippen molar-refractivity contribution in [2.45, 2.75) is 58.7 Å². The van der Waals surface area contributed by atoms with E-state index in [9.17, 15) is 4.79 Å². The van der Waals surface area contributed by atoms with Gasteiger partial charge in [0.25, 0.3) is 0 Å². The van der Waals surface area contributed by atoms with Crippen LogP contribution < -0.4 is 0 Å². The van der Waals surface area contributed by atoms with Crippen molar-refractivity contribution in [1.29, 1.82) is 0 Å². The summed E-state index contributed by atoms with van der Waals surface area (Å²) in [6.07, 6.45) is 2.41. The predicted molar refractivity (Wildman–Crippen MR) is 95.7 cm³/mol. The molecule has 2 saturated heterocycles. The van der Waals surface area contributed by atoms with Crippen molar-refractivity contribution in [2.75, 3.05) is 52.9 Å². The first kappa shape index (κ1) is 18.7. The minimum absolute atomic E-state index is 0.296. The Morgan fingerprint density at radius 2 is 1.35 bits per heavy atom. The third-order valence-corrected chi connectivity index (χ3v) is 5.70. The number of carbonyl (C=O) groups is 1. The number of rotatable bonds is 6. The summed E-state index contributed by atoms with van der Waals surface area (Å²) >= 11 is 0. The Bertz CT molecular complexity index is 379. The zero-order valence-electron chi connectivity index (χ0n) is 15.8. The van der Waals surface area contributed by atoms with Crippen LogP contribution in [0.3, 0.4) is 0 Å². The monoisotopic (exact) mass is 324 g/mol. The fourth-order valence-electron chi connectivity index (χ4n) is 3.74. The highest BCUT2D eigenvalue weighted by molar-refractivity contribution is 5.79. The average molecular weight is 325 g/mol. The van der Waals surface area contributed by atoms with Gasteiger partial charge in [0, 0.05) is 57.4 Å². The molecule has 0 aliphatic carbocycles. The minimum Gasteiger partial charge on any atom is -0.338 e. The molecule has 0 radical (unpaired) electrons. The van der Waals surface area contributed by atoms with Crippen LogP contribution in [0.2, 0.25) is 0 Å². The van der Waals surface area contributed by atoms with E-state index >= 15 is 0 Å². The predicted octanol–water partition coefficient (Wildman–Crippen LogP) is 1.34. The maximum Gasteiger partial charge on any atom is 0.237 e. The molecule has 2 heterocycles. The molecule has 0 saturated carbocycles. The molecule has 5 heteroatoms. The molecule has 2 rings (SSSR count). The van der Waals surface area contributed by atoms with Crippen LogP contribution in [0, 0.1) is 0 Å². The average Bonchev–Trinajstić information content (AvgIpc) is 2.52. The van der Waals surface area contributed by atoms with Crippen LogP contribution in [0.5, 0.6) is 0 Å². The molecule has 0 bridgehead atoms. The van der Waals surface area contributed by atoms with Gasteiger partial charge in [0.05, 0.1) is 6.54 Å². The number of likely N-dealkylation sites (N-methyl/N-ethyl adjacent to an activating group) is 1. The summed E-state index contributed by atoms with van der Waals surface area (Å²) in [5.74, 6) is 0.296.